The van der Waals surface area contributed by atoms with Crippen LogP contribution in [0.2, 0.25) is 0 Å². The molecule has 0 bridgehead atoms. The lowest BCUT2D eigenvalue weighted by Crippen LogP contribution is -2.49. The van der Waals surface area contributed by atoms with Gasteiger partial charge in [-0.25, -0.2) is 14.8 Å². The summed E-state index contributed by atoms with van der Waals surface area (Å²) in [4.78, 5) is 23.2. The van der Waals surface area contributed by atoms with Gasteiger partial charge in [-0.05, 0) is 82.5 Å². The van der Waals surface area contributed by atoms with E-state index in [2.05, 4.69) is 46.2 Å². The normalized spacial score (nSPS) is 24.0. The summed E-state index contributed by atoms with van der Waals surface area (Å²) >= 11 is 0. The lowest BCUT2D eigenvalue weighted by atomic mass is 9.65. The quantitative estimate of drug-likeness (QED) is 0.645. The standard InChI is InChI=1S/C25H36N4O2/c1-4-29-13-9-19(10-14-29)20-7-8-22(18(3)15-20)25(11-6-12-25)28-24-26-16-21(17-27-24)23(30)31-5-2/h7-8,16-19H,4-6,9-15H2,1-3H3,(H,26,27,28). The summed E-state index contributed by atoms with van der Waals surface area (Å²) in [6.07, 6.45) is 15.1. The Morgan fingerprint density at radius 1 is 1.19 bits per heavy atom. The molecule has 0 radical (unpaired) electrons. The molecule has 2 heterocycles. The number of aromatic nitrogens is 2. The molecule has 6 nitrogen and oxygen atoms in total. The fraction of sp³-hybridized carbons (Fsp3) is 0.640. The van der Waals surface area contributed by atoms with Crippen LogP contribution in [0.25, 0.3) is 0 Å². The number of hydrogen-bond acceptors (Lipinski definition) is 6. The van der Waals surface area contributed by atoms with Crippen LogP contribution in [0.3, 0.4) is 0 Å². The Morgan fingerprint density at radius 2 is 1.90 bits per heavy atom. The van der Waals surface area contributed by atoms with Gasteiger partial charge in [0.05, 0.1) is 17.7 Å². The molecular formula is C25H36N4O2. The smallest absolute Gasteiger partial charge is 0.341 e. The summed E-state index contributed by atoms with van der Waals surface area (Å²) in [5.74, 6) is 1.48. The van der Waals surface area contributed by atoms with E-state index in [1.165, 1.54) is 44.5 Å². The second kappa shape index (κ2) is 9.51. The second-order valence-corrected chi connectivity index (χ2v) is 9.25. The zero-order chi connectivity index (χ0) is 21.8. The molecule has 1 aromatic heterocycles. The van der Waals surface area contributed by atoms with Gasteiger partial charge >= 0.3 is 5.97 Å². The van der Waals surface area contributed by atoms with Crippen molar-refractivity contribution >= 4 is 11.9 Å². The van der Waals surface area contributed by atoms with E-state index in [0.29, 0.717) is 24.0 Å². The van der Waals surface area contributed by atoms with Gasteiger partial charge in [0.2, 0.25) is 5.95 Å². The molecule has 4 rings (SSSR count). The van der Waals surface area contributed by atoms with Crippen LogP contribution in [0.5, 0.6) is 0 Å². The van der Waals surface area contributed by atoms with E-state index in [0.717, 1.165) is 25.2 Å². The first-order valence-electron chi connectivity index (χ1n) is 12.0. The minimum atomic E-state index is -0.376. The summed E-state index contributed by atoms with van der Waals surface area (Å²) in [6.45, 7) is 10.4. The highest BCUT2D eigenvalue weighted by Gasteiger charge is 2.43. The van der Waals surface area contributed by atoms with Crippen LogP contribution in [0.4, 0.5) is 5.95 Å². The van der Waals surface area contributed by atoms with Crippen LogP contribution in [0, 0.1) is 11.8 Å². The first-order valence-corrected chi connectivity index (χ1v) is 12.0. The zero-order valence-electron chi connectivity index (χ0n) is 19.2. The van der Waals surface area contributed by atoms with Crippen molar-refractivity contribution in [3.8, 4) is 0 Å². The number of rotatable bonds is 7. The van der Waals surface area contributed by atoms with Crippen LogP contribution in [0.15, 0.2) is 35.7 Å². The highest BCUT2D eigenvalue weighted by Crippen LogP contribution is 2.47. The van der Waals surface area contributed by atoms with Gasteiger partial charge in [-0.3, -0.25) is 0 Å². The summed E-state index contributed by atoms with van der Waals surface area (Å²) in [5.41, 5.74) is 3.45. The third-order valence-electron chi connectivity index (χ3n) is 7.38. The second-order valence-electron chi connectivity index (χ2n) is 9.25. The third-order valence-corrected chi connectivity index (χ3v) is 7.38. The number of nitrogens with one attached hydrogen (secondary N) is 1. The molecule has 1 aliphatic heterocycles. The molecule has 3 aliphatic rings. The van der Waals surface area contributed by atoms with Crippen molar-refractivity contribution in [1.29, 1.82) is 0 Å². The fourth-order valence-corrected chi connectivity index (χ4v) is 5.39. The van der Waals surface area contributed by atoms with Gasteiger partial charge in [0.1, 0.15) is 0 Å². The van der Waals surface area contributed by atoms with Crippen molar-refractivity contribution in [3.63, 3.8) is 0 Å². The Kier molecular flexibility index (Phi) is 6.75. The van der Waals surface area contributed by atoms with E-state index < -0.39 is 0 Å². The van der Waals surface area contributed by atoms with Crippen LogP contribution >= 0.6 is 0 Å². The number of anilines is 1. The molecule has 31 heavy (non-hydrogen) atoms. The minimum absolute atomic E-state index is 0.0571. The maximum atomic E-state index is 11.9. The highest BCUT2D eigenvalue weighted by atomic mass is 16.5. The Balaban J connectivity index is 1.46. The van der Waals surface area contributed by atoms with Crippen molar-refractivity contribution in [1.82, 2.24) is 14.9 Å². The molecule has 1 saturated heterocycles. The average molecular weight is 425 g/mol. The van der Waals surface area contributed by atoms with E-state index in [9.17, 15) is 4.79 Å². The fourth-order valence-electron chi connectivity index (χ4n) is 5.39. The van der Waals surface area contributed by atoms with Gasteiger partial charge < -0.3 is 15.0 Å². The number of carbonyl (C=O) groups is 1. The van der Waals surface area contributed by atoms with Crippen LogP contribution in [0.1, 0.15) is 69.7 Å². The molecule has 1 aromatic rings. The molecule has 1 atom stereocenters. The van der Waals surface area contributed by atoms with E-state index >= 15 is 0 Å². The molecular weight excluding hydrogens is 388 g/mol. The largest absolute Gasteiger partial charge is 0.462 e. The summed E-state index contributed by atoms with van der Waals surface area (Å²) < 4.78 is 5.02. The van der Waals surface area contributed by atoms with Crippen molar-refractivity contribution in [2.24, 2.45) is 11.8 Å². The monoisotopic (exact) mass is 424 g/mol. The predicted octanol–water partition coefficient (Wildman–Crippen LogP) is 4.61. The lowest BCUT2D eigenvalue weighted by molar-refractivity contribution is 0.0525. The Bertz CT molecular complexity index is 834. The highest BCUT2D eigenvalue weighted by molar-refractivity contribution is 5.88. The number of esters is 1. The van der Waals surface area contributed by atoms with Crippen LogP contribution < -0.4 is 5.32 Å². The van der Waals surface area contributed by atoms with Crippen molar-refractivity contribution in [3.05, 3.63) is 41.3 Å². The minimum Gasteiger partial charge on any atom is -0.462 e. The molecule has 2 fully saturated rings. The first-order chi connectivity index (χ1) is 15.0. The first kappa shape index (κ1) is 22.0. The van der Waals surface area contributed by atoms with E-state index in [1.54, 1.807) is 24.9 Å². The Hall–Kier alpha value is -2.21. The number of hydrogen-bond donors (Lipinski definition) is 1. The predicted molar refractivity (Wildman–Crippen MR) is 123 cm³/mol. The number of likely N-dealkylation sites (tertiary alicyclic amines) is 1. The third kappa shape index (κ3) is 4.69. The molecule has 2 aliphatic carbocycles. The van der Waals surface area contributed by atoms with Gasteiger partial charge in [0.25, 0.3) is 0 Å². The molecule has 0 spiro atoms. The van der Waals surface area contributed by atoms with E-state index in [4.69, 9.17) is 4.74 Å². The van der Waals surface area contributed by atoms with Crippen molar-refractivity contribution < 1.29 is 9.53 Å². The molecule has 0 aromatic carbocycles. The molecule has 168 valence electrons. The van der Waals surface area contributed by atoms with Gasteiger partial charge in [0.15, 0.2) is 0 Å². The number of ether oxygens (including phenoxy) is 1. The van der Waals surface area contributed by atoms with Gasteiger partial charge in [-0.1, -0.05) is 31.6 Å². The van der Waals surface area contributed by atoms with Crippen LogP contribution in [-0.2, 0) is 4.74 Å². The zero-order valence-corrected chi connectivity index (χ0v) is 19.2. The number of nitrogens with zero attached hydrogens (tertiary/aromatic N) is 3. The molecule has 1 N–H and O–H groups in total. The average Bonchev–Trinajstić information content (AvgIpc) is 2.77. The number of allylic oxidation sites excluding steroid dienone is 3. The van der Waals surface area contributed by atoms with E-state index in [1.807, 2.05) is 0 Å². The van der Waals surface area contributed by atoms with Crippen molar-refractivity contribution in [2.45, 2.75) is 64.8 Å². The Labute approximate surface area is 186 Å². The maximum Gasteiger partial charge on any atom is 0.341 e. The SMILES string of the molecule is CCOC(=O)c1cnc(NC2(C3=CC=C(C4CCN(CC)CC4)CC3C)CCC2)nc1. The van der Waals surface area contributed by atoms with Gasteiger partial charge in [-0.2, -0.15) is 0 Å². The Morgan fingerprint density at radius 3 is 2.45 bits per heavy atom. The van der Waals surface area contributed by atoms with Crippen LogP contribution in [-0.4, -0.2) is 52.6 Å². The lowest BCUT2D eigenvalue weighted by Gasteiger charge is -2.48. The van der Waals surface area contributed by atoms with Gasteiger partial charge in [0, 0.05) is 12.4 Å². The summed E-state index contributed by atoms with van der Waals surface area (Å²) in [5, 5.41) is 3.62. The summed E-state index contributed by atoms with van der Waals surface area (Å²) in [7, 11) is 0. The number of carbonyl (C=O) groups excluding carboxylic acids is 1. The molecule has 1 unspecified atom stereocenters. The van der Waals surface area contributed by atoms with Crippen molar-refractivity contribution in [2.75, 3.05) is 31.6 Å². The van der Waals surface area contributed by atoms with Gasteiger partial charge in [-0.15, -0.1) is 0 Å². The molecule has 1 saturated carbocycles. The topological polar surface area (TPSA) is 67.3 Å². The number of piperidine rings is 1. The molecule has 0 amide bonds. The van der Waals surface area contributed by atoms with E-state index in [-0.39, 0.29) is 11.5 Å². The molecule has 6 heteroatoms. The maximum absolute atomic E-state index is 11.9. The summed E-state index contributed by atoms with van der Waals surface area (Å²) in [6, 6.07) is 0.